The molecule has 0 bridgehead atoms. The predicted octanol–water partition coefficient (Wildman–Crippen LogP) is 4.40. The summed E-state index contributed by atoms with van der Waals surface area (Å²) in [5.41, 5.74) is 4.52. The van der Waals surface area contributed by atoms with E-state index in [2.05, 4.69) is 16.9 Å². The summed E-state index contributed by atoms with van der Waals surface area (Å²) >= 11 is 5.84. The van der Waals surface area contributed by atoms with Crippen LogP contribution in [0.25, 0.3) is 0 Å². The molecule has 0 aromatic heterocycles. The second-order valence-electron chi connectivity index (χ2n) is 6.46. The number of aryl methyl sites for hydroxylation is 2. The number of nitrogens with one attached hydrogen (secondary N) is 1. The van der Waals surface area contributed by atoms with Gasteiger partial charge in [-0.15, -0.1) is 0 Å². The fourth-order valence-electron chi connectivity index (χ4n) is 3.20. The van der Waals surface area contributed by atoms with Crippen LogP contribution in [0.4, 0.5) is 0 Å². The Bertz CT molecular complexity index is 816. The lowest BCUT2D eigenvalue weighted by Crippen LogP contribution is -2.28. The van der Waals surface area contributed by atoms with E-state index in [0.717, 1.165) is 24.0 Å². The Morgan fingerprint density at radius 1 is 1.04 bits per heavy atom. The fourth-order valence-corrected chi connectivity index (χ4v) is 4.72. The second-order valence-corrected chi connectivity index (χ2v) is 8.65. The normalized spacial score (nSPS) is 15.8. The molecule has 0 heterocycles. The third-order valence-corrected chi connectivity index (χ3v) is 6.18. The average molecular weight is 364 g/mol. The van der Waals surface area contributed by atoms with Gasteiger partial charge < -0.3 is 0 Å². The molecule has 0 unspecified atom stereocenters. The number of benzene rings is 2. The molecule has 5 heteroatoms. The highest BCUT2D eigenvalue weighted by molar-refractivity contribution is 7.88. The molecular weight excluding hydrogens is 342 g/mol. The van der Waals surface area contributed by atoms with Gasteiger partial charge in [0, 0.05) is 11.1 Å². The average Bonchev–Trinajstić information content (AvgIpc) is 2.56. The van der Waals surface area contributed by atoms with Gasteiger partial charge in [0.15, 0.2) is 0 Å². The van der Waals surface area contributed by atoms with E-state index < -0.39 is 10.0 Å². The van der Waals surface area contributed by atoms with E-state index in [1.807, 2.05) is 13.0 Å². The first-order valence-electron chi connectivity index (χ1n) is 8.29. The molecule has 3 nitrogen and oxygen atoms in total. The maximum atomic E-state index is 12.4. The SMILES string of the molecule is C[C@@H](NS(=O)(=O)Cc1ccc(Cl)cc1)c1ccc2c(c1)CCCC2. The Balaban J connectivity index is 1.71. The molecule has 24 heavy (non-hydrogen) atoms. The van der Waals surface area contributed by atoms with Crippen LogP contribution in [0.2, 0.25) is 5.02 Å². The van der Waals surface area contributed by atoms with Gasteiger partial charge in [0.05, 0.1) is 5.75 Å². The van der Waals surface area contributed by atoms with Gasteiger partial charge in [-0.25, -0.2) is 13.1 Å². The third kappa shape index (κ3) is 4.38. The number of sulfonamides is 1. The van der Waals surface area contributed by atoms with E-state index in [9.17, 15) is 8.42 Å². The van der Waals surface area contributed by atoms with E-state index in [1.165, 1.54) is 24.0 Å². The summed E-state index contributed by atoms with van der Waals surface area (Å²) < 4.78 is 27.6. The molecule has 2 aromatic carbocycles. The van der Waals surface area contributed by atoms with Crippen LogP contribution in [0.3, 0.4) is 0 Å². The molecule has 1 N–H and O–H groups in total. The molecule has 0 amide bonds. The molecule has 0 saturated heterocycles. The van der Waals surface area contributed by atoms with E-state index in [0.29, 0.717) is 5.02 Å². The molecule has 0 spiro atoms. The van der Waals surface area contributed by atoms with Crippen molar-refractivity contribution < 1.29 is 8.42 Å². The van der Waals surface area contributed by atoms with Crippen LogP contribution in [0, 0.1) is 0 Å². The van der Waals surface area contributed by atoms with Gasteiger partial charge in [-0.05, 0) is 67.0 Å². The number of halogens is 1. The lowest BCUT2D eigenvalue weighted by molar-refractivity contribution is 0.565. The lowest BCUT2D eigenvalue weighted by atomic mass is 9.89. The zero-order valence-corrected chi connectivity index (χ0v) is 15.3. The molecule has 128 valence electrons. The predicted molar refractivity (Wildman–Crippen MR) is 98.7 cm³/mol. The van der Waals surface area contributed by atoms with Crippen LogP contribution in [0.1, 0.15) is 48.1 Å². The summed E-state index contributed by atoms with van der Waals surface area (Å²) in [5.74, 6) is -0.0422. The molecule has 1 aliphatic rings. The van der Waals surface area contributed by atoms with Gasteiger partial charge in [-0.2, -0.15) is 0 Å². The van der Waals surface area contributed by atoms with Crippen LogP contribution >= 0.6 is 11.6 Å². The quantitative estimate of drug-likeness (QED) is 0.855. The van der Waals surface area contributed by atoms with Crippen LogP contribution < -0.4 is 4.72 Å². The molecule has 2 aromatic rings. The Kier molecular flexibility index (Phi) is 5.28. The van der Waals surface area contributed by atoms with Gasteiger partial charge >= 0.3 is 0 Å². The van der Waals surface area contributed by atoms with Crippen molar-refractivity contribution >= 4 is 21.6 Å². The maximum absolute atomic E-state index is 12.4. The van der Waals surface area contributed by atoms with Crippen molar-refractivity contribution in [3.63, 3.8) is 0 Å². The topological polar surface area (TPSA) is 46.2 Å². The molecular formula is C19H22ClNO2S. The highest BCUT2D eigenvalue weighted by Gasteiger charge is 2.18. The molecule has 0 aliphatic heterocycles. The minimum Gasteiger partial charge on any atom is -0.212 e. The summed E-state index contributed by atoms with van der Waals surface area (Å²) in [7, 11) is -3.41. The van der Waals surface area contributed by atoms with Crippen LogP contribution in [0.15, 0.2) is 42.5 Å². The first-order valence-corrected chi connectivity index (χ1v) is 10.3. The van der Waals surface area contributed by atoms with E-state index in [4.69, 9.17) is 11.6 Å². The summed E-state index contributed by atoms with van der Waals surface area (Å²) in [6, 6.07) is 13.0. The molecule has 0 fully saturated rings. The summed E-state index contributed by atoms with van der Waals surface area (Å²) in [6.45, 7) is 1.89. The molecule has 1 atom stereocenters. The van der Waals surface area contributed by atoms with E-state index in [1.54, 1.807) is 24.3 Å². The Labute approximate surface area is 149 Å². The Hall–Kier alpha value is -1.36. The molecule has 0 saturated carbocycles. The standard InChI is InChI=1S/C19H22ClNO2S/c1-14(17-9-8-16-4-2-3-5-18(16)12-17)21-24(22,23)13-15-6-10-19(20)11-7-15/h6-12,14,21H,2-5,13H2,1H3/t14-/m1/s1. The highest BCUT2D eigenvalue weighted by atomic mass is 35.5. The zero-order valence-electron chi connectivity index (χ0n) is 13.8. The monoisotopic (exact) mass is 363 g/mol. The van der Waals surface area contributed by atoms with Gasteiger partial charge in [-0.3, -0.25) is 0 Å². The third-order valence-electron chi connectivity index (χ3n) is 4.50. The van der Waals surface area contributed by atoms with Crippen molar-refractivity contribution in [2.24, 2.45) is 0 Å². The summed E-state index contributed by atoms with van der Waals surface area (Å²) in [5, 5.41) is 0.603. The maximum Gasteiger partial charge on any atom is 0.216 e. The van der Waals surface area contributed by atoms with Crippen molar-refractivity contribution in [3.05, 3.63) is 69.7 Å². The number of fused-ring (bicyclic) bond motifs is 1. The van der Waals surface area contributed by atoms with Crippen LogP contribution in [-0.2, 0) is 28.6 Å². The van der Waals surface area contributed by atoms with Crippen LogP contribution in [-0.4, -0.2) is 8.42 Å². The second kappa shape index (κ2) is 7.26. The van der Waals surface area contributed by atoms with Crippen molar-refractivity contribution in [1.29, 1.82) is 0 Å². The van der Waals surface area contributed by atoms with Gasteiger partial charge in [-0.1, -0.05) is 41.9 Å². The van der Waals surface area contributed by atoms with Gasteiger partial charge in [0.1, 0.15) is 0 Å². The van der Waals surface area contributed by atoms with Gasteiger partial charge in [0.25, 0.3) is 0 Å². The molecule has 1 aliphatic carbocycles. The van der Waals surface area contributed by atoms with E-state index in [-0.39, 0.29) is 11.8 Å². The molecule has 0 radical (unpaired) electrons. The van der Waals surface area contributed by atoms with E-state index >= 15 is 0 Å². The number of rotatable bonds is 5. The van der Waals surface area contributed by atoms with Crippen molar-refractivity contribution in [2.75, 3.05) is 0 Å². The first kappa shape index (κ1) is 17.5. The van der Waals surface area contributed by atoms with Crippen molar-refractivity contribution in [2.45, 2.75) is 44.4 Å². The molecule has 3 rings (SSSR count). The van der Waals surface area contributed by atoms with Crippen molar-refractivity contribution in [3.8, 4) is 0 Å². The smallest absolute Gasteiger partial charge is 0.212 e. The number of hydrogen-bond donors (Lipinski definition) is 1. The highest BCUT2D eigenvalue weighted by Crippen LogP contribution is 2.25. The minimum absolute atomic E-state index is 0.0422. The number of hydrogen-bond acceptors (Lipinski definition) is 2. The largest absolute Gasteiger partial charge is 0.216 e. The summed E-state index contributed by atoms with van der Waals surface area (Å²) in [4.78, 5) is 0. The minimum atomic E-state index is -3.41. The fraction of sp³-hybridized carbons (Fsp3) is 0.368. The Morgan fingerprint density at radius 2 is 1.71 bits per heavy atom. The zero-order chi connectivity index (χ0) is 17.2. The van der Waals surface area contributed by atoms with Crippen molar-refractivity contribution in [1.82, 2.24) is 4.72 Å². The van der Waals surface area contributed by atoms with Crippen LogP contribution in [0.5, 0.6) is 0 Å². The summed E-state index contributed by atoms with van der Waals surface area (Å²) in [6.07, 6.45) is 4.68. The lowest BCUT2D eigenvalue weighted by Gasteiger charge is -2.20. The Morgan fingerprint density at radius 3 is 2.42 bits per heavy atom. The first-order chi connectivity index (χ1) is 11.4. The van der Waals surface area contributed by atoms with Gasteiger partial charge in [0.2, 0.25) is 10.0 Å².